The number of halogens is 4. The van der Waals surface area contributed by atoms with Crippen LogP contribution in [0.25, 0.3) is 0 Å². The van der Waals surface area contributed by atoms with Crippen LogP contribution in [0.15, 0.2) is 22.7 Å². The second kappa shape index (κ2) is 4.33. The van der Waals surface area contributed by atoms with Crippen molar-refractivity contribution in [2.75, 3.05) is 0 Å². The van der Waals surface area contributed by atoms with Gasteiger partial charge in [0.25, 0.3) is 6.43 Å². The van der Waals surface area contributed by atoms with E-state index in [0.29, 0.717) is 15.4 Å². The van der Waals surface area contributed by atoms with E-state index in [1.54, 1.807) is 12.1 Å². The smallest absolute Gasteiger partial charge is 0.205 e. The van der Waals surface area contributed by atoms with Crippen molar-refractivity contribution in [1.82, 2.24) is 0 Å². The number of hydrogen-bond donors (Lipinski definition) is 0. The summed E-state index contributed by atoms with van der Waals surface area (Å²) in [5, 5.41) is 0.458. The maximum atomic E-state index is 12.4. The van der Waals surface area contributed by atoms with Crippen molar-refractivity contribution in [2.24, 2.45) is 0 Å². The standard InChI is InChI=1S/C8H6Br2F2/c9-4-5-1-2-6(10)3-7(5)8(11)12/h1-3,8H,4H2. The molecule has 0 aliphatic heterocycles. The number of hydrogen-bond acceptors (Lipinski definition) is 0. The molecule has 0 atom stereocenters. The first-order valence-electron chi connectivity index (χ1n) is 3.27. The Labute approximate surface area is 86.2 Å². The third-order valence-corrected chi connectivity index (χ3v) is 2.58. The van der Waals surface area contributed by atoms with E-state index in [1.807, 2.05) is 0 Å². The van der Waals surface area contributed by atoms with Gasteiger partial charge in [0.05, 0.1) is 0 Å². The molecule has 1 rings (SSSR count). The van der Waals surface area contributed by atoms with Crippen LogP contribution in [0.4, 0.5) is 8.78 Å². The maximum Gasteiger partial charge on any atom is 0.264 e. The lowest BCUT2D eigenvalue weighted by atomic mass is 10.1. The van der Waals surface area contributed by atoms with Gasteiger partial charge in [-0.3, -0.25) is 0 Å². The van der Waals surface area contributed by atoms with Crippen molar-refractivity contribution in [3.63, 3.8) is 0 Å². The van der Waals surface area contributed by atoms with E-state index in [1.165, 1.54) is 6.07 Å². The summed E-state index contributed by atoms with van der Waals surface area (Å²) in [6, 6.07) is 4.88. The van der Waals surface area contributed by atoms with Crippen LogP contribution in [-0.4, -0.2) is 0 Å². The fourth-order valence-electron chi connectivity index (χ4n) is 0.891. The van der Waals surface area contributed by atoms with Gasteiger partial charge in [-0.1, -0.05) is 37.9 Å². The summed E-state index contributed by atoms with van der Waals surface area (Å²) in [6.07, 6.45) is -2.41. The van der Waals surface area contributed by atoms with E-state index in [2.05, 4.69) is 31.9 Å². The van der Waals surface area contributed by atoms with Gasteiger partial charge in [0, 0.05) is 15.4 Å². The van der Waals surface area contributed by atoms with Crippen LogP contribution in [-0.2, 0) is 5.33 Å². The van der Waals surface area contributed by atoms with Gasteiger partial charge < -0.3 is 0 Å². The van der Waals surface area contributed by atoms with Crippen LogP contribution in [0.5, 0.6) is 0 Å². The van der Waals surface area contributed by atoms with Crippen LogP contribution in [0.3, 0.4) is 0 Å². The molecule has 0 heterocycles. The lowest BCUT2D eigenvalue weighted by Gasteiger charge is -2.05. The topological polar surface area (TPSA) is 0 Å². The van der Waals surface area contributed by atoms with Crippen LogP contribution in [0, 0.1) is 0 Å². The van der Waals surface area contributed by atoms with Crippen molar-refractivity contribution in [2.45, 2.75) is 11.8 Å². The zero-order chi connectivity index (χ0) is 9.14. The average Bonchev–Trinajstić information content (AvgIpc) is 2.04. The predicted octanol–water partition coefficient (Wildman–Crippen LogP) is 4.28. The molecular weight excluding hydrogens is 294 g/mol. The first-order chi connectivity index (χ1) is 5.65. The zero-order valence-electron chi connectivity index (χ0n) is 6.03. The molecule has 0 aliphatic rings. The first kappa shape index (κ1) is 10.1. The molecule has 1 aromatic carbocycles. The molecule has 1 aromatic rings. The molecule has 12 heavy (non-hydrogen) atoms. The van der Waals surface area contributed by atoms with Crippen molar-refractivity contribution in [3.05, 3.63) is 33.8 Å². The van der Waals surface area contributed by atoms with Gasteiger partial charge in [-0.2, -0.15) is 0 Å². The molecule has 0 aromatic heterocycles. The number of alkyl halides is 3. The second-order valence-corrected chi connectivity index (χ2v) is 3.75. The fraction of sp³-hybridized carbons (Fsp3) is 0.250. The molecule has 4 heteroatoms. The highest BCUT2D eigenvalue weighted by Gasteiger charge is 2.11. The minimum Gasteiger partial charge on any atom is -0.205 e. The van der Waals surface area contributed by atoms with Gasteiger partial charge in [0.1, 0.15) is 0 Å². The maximum absolute atomic E-state index is 12.4. The Kier molecular flexibility index (Phi) is 3.65. The SMILES string of the molecule is FC(F)c1cc(Br)ccc1CBr. The third kappa shape index (κ3) is 2.26. The Morgan fingerprint density at radius 1 is 1.33 bits per heavy atom. The minimum absolute atomic E-state index is 0.0845. The van der Waals surface area contributed by atoms with E-state index in [4.69, 9.17) is 0 Å². The van der Waals surface area contributed by atoms with E-state index >= 15 is 0 Å². The van der Waals surface area contributed by atoms with Gasteiger partial charge in [-0.05, 0) is 17.7 Å². The van der Waals surface area contributed by atoms with Crippen molar-refractivity contribution in [3.8, 4) is 0 Å². The molecular formula is C8H6Br2F2. The molecule has 0 aliphatic carbocycles. The lowest BCUT2D eigenvalue weighted by molar-refractivity contribution is 0.150. The molecule has 0 nitrogen and oxygen atoms in total. The van der Waals surface area contributed by atoms with Gasteiger partial charge in [-0.25, -0.2) is 8.78 Å². The highest BCUT2D eigenvalue weighted by Crippen LogP contribution is 2.27. The molecule has 66 valence electrons. The Morgan fingerprint density at radius 2 is 2.00 bits per heavy atom. The van der Waals surface area contributed by atoms with Crippen molar-refractivity contribution < 1.29 is 8.78 Å². The van der Waals surface area contributed by atoms with E-state index < -0.39 is 6.43 Å². The summed E-state index contributed by atoms with van der Waals surface area (Å²) in [5.74, 6) is 0. The molecule has 0 radical (unpaired) electrons. The highest BCUT2D eigenvalue weighted by atomic mass is 79.9. The predicted molar refractivity (Wildman–Crippen MR) is 51.7 cm³/mol. The lowest BCUT2D eigenvalue weighted by Crippen LogP contribution is -1.91. The molecule has 0 bridgehead atoms. The molecule has 0 N–H and O–H groups in total. The van der Waals surface area contributed by atoms with Crippen molar-refractivity contribution in [1.29, 1.82) is 0 Å². The third-order valence-electron chi connectivity index (χ3n) is 1.49. The highest BCUT2D eigenvalue weighted by molar-refractivity contribution is 9.10. The van der Waals surface area contributed by atoms with Gasteiger partial charge in [-0.15, -0.1) is 0 Å². The Hall–Kier alpha value is 0.0400. The van der Waals surface area contributed by atoms with Crippen LogP contribution < -0.4 is 0 Å². The summed E-state index contributed by atoms with van der Waals surface area (Å²) in [5.41, 5.74) is 0.717. The monoisotopic (exact) mass is 298 g/mol. The van der Waals surface area contributed by atoms with Crippen LogP contribution in [0.1, 0.15) is 17.6 Å². The van der Waals surface area contributed by atoms with Crippen LogP contribution >= 0.6 is 31.9 Å². The van der Waals surface area contributed by atoms with E-state index in [9.17, 15) is 8.78 Å². The fourth-order valence-corrected chi connectivity index (χ4v) is 1.78. The molecule has 0 unspecified atom stereocenters. The Bertz CT molecular complexity index is 274. The number of benzene rings is 1. The molecule has 0 spiro atoms. The quantitative estimate of drug-likeness (QED) is 0.715. The summed E-state index contributed by atoms with van der Waals surface area (Å²) < 4.78 is 25.4. The molecule has 0 fully saturated rings. The summed E-state index contributed by atoms with van der Waals surface area (Å²) in [4.78, 5) is 0. The molecule has 0 saturated carbocycles. The molecule has 0 saturated heterocycles. The van der Waals surface area contributed by atoms with Crippen LogP contribution in [0.2, 0.25) is 0 Å². The normalized spacial score (nSPS) is 10.8. The summed E-state index contributed by atoms with van der Waals surface area (Å²) >= 11 is 6.30. The summed E-state index contributed by atoms with van der Waals surface area (Å²) in [6.45, 7) is 0. The Balaban J connectivity index is 3.12. The van der Waals surface area contributed by atoms with Gasteiger partial charge >= 0.3 is 0 Å². The van der Waals surface area contributed by atoms with Gasteiger partial charge in [0.15, 0.2) is 0 Å². The van der Waals surface area contributed by atoms with E-state index in [0.717, 1.165) is 0 Å². The minimum atomic E-state index is -2.41. The summed E-state index contributed by atoms with van der Waals surface area (Å²) in [7, 11) is 0. The zero-order valence-corrected chi connectivity index (χ0v) is 9.20. The first-order valence-corrected chi connectivity index (χ1v) is 5.19. The second-order valence-electron chi connectivity index (χ2n) is 2.28. The van der Waals surface area contributed by atoms with E-state index in [-0.39, 0.29) is 5.56 Å². The largest absolute Gasteiger partial charge is 0.264 e. The molecule has 0 amide bonds. The van der Waals surface area contributed by atoms with Crippen molar-refractivity contribution >= 4 is 31.9 Å². The average molecular weight is 300 g/mol. The Morgan fingerprint density at radius 3 is 2.50 bits per heavy atom. The van der Waals surface area contributed by atoms with Gasteiger partial charge in [0.2, 0.25) is 0 Å². The number of rotatable bonds is 2.